The number of aromatic nitrogens is 2. The van der Waals surface area contributed by atoms with Crippen LogP contribution in [0.2, 0.25) is 0 Å². The third kappa shape index (κ3) is 3.73. The van der Waals surface area contributed by atoms with Crippen LogP contribution in [0.15, 0.2) is 72.8 Å². The molecule has 0 saturated heterocycles. The summed E-state index contributed by atoms with van der Waals surface area (Å²) in [6, 6.07) is 22.9. The molecule has 0 spiro atoms. The topological polar surface area (TPSA) is 67.0 Å². The van der Waals surface area contributed by atoms with Gasteiger partial charge in [-0.1, -0.05) is 36.4 Å². The summed E-state index contributed by atoms with van der Waals surface area (Å²) in [6.45, 7) is 0.529. The van der Waals surface area contributed by atoms with Crippen LogP contribution in [-0.4, -0.2) is 23.0 Å². The lowest BCUT2D eigenvalue weighted by molar-refractivity contribution is 0.102. The minimum atomic E-state index is -0.152. The Morgan fingerprint density at radius 1 is 1.04 bits per heavy atom. The number of methoxy groups -OCH3 is 1. The van der Waals surface area contributed by atoms with Crippen molar-refractivity contribution in [3.63, 3.8) is 0 Å². The van der Waals surface area contributed by atoms with Crippen LogP contribution >= 0.6 is 0 Å². The second-order valence-electron chi connectivity index (χ2n) is 6.27. The first-order chi connectivity index (χ1) is 13.2. The van der Waals surface area contributed by atoms with Crippen molar-refractivity contribution in [3.8, 4) is 11.4 Å². The molecule has 3 aromatic carbocycles. The number of rotatable bonds is 5. The predicted molar refractivity (Wildman–Crippen MR) is 107 cm³/mol. The van der Waals surface area contributed by atoms with Crippen molar-refractivity contribution in [1.82, 2.24) is 9.97 Å². The number of carbonyl (C=O) groups is 1. The van der Waals surface area contributed by atoms with Gasteiger partial charge in [0.15, 0.2) is 0 Å². The Morgan fingerprint density at radius 2 is 1.85 bits per heavy atom. The first-order valence-corrected chi connectivity index (χ1v) is 8.67. The fraction of sp³-hybridized carbons (Fsp3) is 0.0909. The largest absolute Gasteiger partial charge is 0.380 e. The fourth-order valence-corrected chi connectivity index (χ4v) is 2.96. The molecular formula is C22H19N3O2. The van der Waals surface area contributed by atoms with Gasteiger partial charge in [0.05, 0.1) is 17.6 Å². The molecule has 0 fully saturated rings. The smallest absolute Gasteiger partial charge is 0.255 e. The SMILES string of the molecule is COCc1ccc(C(=O)Nc2cccc(-c3nc4ccccc4[nH]3)c2)cc1. The minimum absolute atomic E-state index is 0.152. The molecule has 1 aromatic heterocycles. The maximum atomic E-state index is 12.5. The van der Waals surface area contributed by atoms with Gasteiger partial charge in [0.25, 0.3) is 5.91 Å². The minimum Gasteiger partial charge on any atom is -0.380 e. The molecule has 2 N–H and O–H groups in total. The molecule has 4 rings (SSSR count). The van der Waals surface area contributed by atoms with E-state index in [0.717, 1.165) is 33.7 Å². The summed E-state index contributed by atoms with van der Waals surface area (Å²) in [5.41, 5.74) is 5.17. The summed E-state index contributed by atoms with van der Waals surface area (Å²) in [5.74, 6) is 0.622. The third-order valence-electron chi connectivity index (χ3n) is 4.31. The lowest BCUT2D eigenvalue weighted by atomic mass is 10.1. The number of amides is 1. The number of anilines is 1. The monoisotopic (exact) mass is 357 g/mol. The lowest BCUT2D eigenvalue weighted by Crippen LogP contribution is -2.11. The maximum absolute atomic E-state index is 12.5. The molecule has 0 aliphatic heterocycles. The average Bonchev–Trinajstić information content (AvgIpc) is 3.13. The molecule has 0 aliphatic carbocycles. The van der Waals surface area contributed by atoms with E-state index in [4.69, 9.17) is 4.74 Å². The van der Waals surface area contributed by atoms with Crippen LogP contribution in [0.3, 0.4) is 0 Å². The zero-order valence-electron chi connectivity index (χ0n) is 14.9. The lowest BCUT2D eigenvalue weighted by Gasteiger charge is -2.07. The second-order valence-corrected chi connectivity index (χ2v) is 6.27. The van der Waals surface area contributed by atoms with E-state index in [0.29, 0.717) is 12.2 Å². The van der Waals surface area contributed by atoms with Crippen molar-refractivity contribution >= 4 is 22.6 Å². The van der Waals surface area contributed by atoms with E-state index < -0.39 is 0 Å². The number of nitrogens with one attached hydrogen (secondary N) is 2. The van der Waals surface area contributed by atoms with Crippen molar-refractivity contribution in [2.24, 2.45) is 0 Å². The summed E-state index contributed by atoms with van der Waals surface area (Å²) in [5, 5.41) is 2.94. The highest BCUT2D eigenvalue weighted by molar-refractivity contribution is 6.04. The van der Waals surface area contributed by atoms with Crippen molar-refractivity contribution in [2.75, 3.05) is 12.4 Å². The number of imidazole rings is 1. The van der Waals surface area contributed by atoms with Gasteiger partial charge in [0.2, 0.25) is 0 Å². The van der Waals surface area contributed by atoms with Crippen LogP contribution < -0.4 is 5.32 Å². The second kappa shape index (κ2) is 7.43. The molecule has 0 bridgehead atoms. The Labute approximate surface area is 157 Å². The number of ether oxygens (including phenoxy) is 1. The number of aromatic amines is 1. The summed E-state index contributed by atoms with van der Waals surface area (Å²) < 4.78 is 5.09. The van der Waals surface area contributed by atoms with E-state index in [-0.39, 0.29) is 5.91 Å². The number of fused-ring (bicyclic) bond motifs is 1. The van der Waals surface area contributed by atoms with Gasteiger partial charge in [0.1, 0.15) is 5.82 Å². The quantitative estimate of drug-likeness (QED) is 0.547. The number of H-pyrrole nitrogens is 1. The molecule has 0 aliphatic rings. The molecule has 5 nitrogen and oxygen atoms in total. The van der Waals surface area contributed by atoms with Crippen molar-refractivity contribution in [2.45, 2.75) is 6.61 Å². The Hall–Kier alpha value is -3.44. The number of para-hydroxylation sites is 2. The first-order valence-electron chi connectivity index (χ1n) is 8.67. The van der Waals surface area contributed by atoms with E-state index in [9.17, 15) is 4.79 Å². The standard InChI is InChI=1S/C22H19N3O2/c1-27-14-15-9-11-16(12-10-15)22(26)23-18-6-4-5-17(13-18)21-24-19-7-2-3-8-20(19)25-21/h2-13H,14H2,1H3,(H,23,26)(H,24,25). The molecular weight excluding hydrogens is 338 g/mol. The normalized spacial score (nSPS) is 10.9. The summed E-state index contributed by atoms with van der Waals surface area (Å²) in [6.07, 6.45) is 0. The number of benzene rings is 3. The maximum Gasteiger partial charge on any atom is 0.255 e. The van der Waals surface area contributed by atoms with E-state index in [2.05, 4.69) is 15.3 Å². The van der Waals surface area contributed by atoms with Gasteiger partial charge in [0, 0.05) is 23.9 Å². The van der Waals surface area contributed by atoms with Crippen molar-refractivity contribution < 1.29 is 9.53 Å². The number of carbonyl (C=O) groups excluding carboxylic acids is 1. The zero-order valence-corrected chi connectivity index (χ0v) is 14.9. The molecule has 0 atom stereocenters. The van der Waals surface area contributed by atoms with E-state index >= 15 is 0 Å². The van der Waals surface area contributed by atoms with Crippen molar-refractivity contribution in [1.29, 1.82) is 0 Å². The van der Waals surface area contributed by atoms with Gasteiger partial charge in [-0.25, -0.2) is 4.98 Å². The predicted octanol–water partition coefficient (Wildman–Crippen LogP) is 4.63. The van der Waals surface area contributed by atoms with Gasteiger partial charge >= 0.3 is 0 Å². The summed E-state index contributed by atoms with van der Waals surface area (Å²) in [7, 11) is 1.65. The van der Waals surface area contributed by atoms with Gasteiger partial charge in [-0.2, -0.15) is 0 Å². The van der Waals surface area contributed by atoms with Crippen LogP contribution in [-0.2, 0) is 11.3 Å². The van der Waals surface area contributed by atoms with Crippen molar-refractivity contribution in [3.05, 3.63) is 83.9 Å². The van der Waals surface area contributed by atoms with Crippen LogP contribution in [0.25, 0.3) is 22.4 Å². The highest BCUT2D eigenvalue weighted by Crippen LogP contribution is 2.23. The molecule has 5 heteroatoms. The summed E-state index contributed by atoms with van der Waals surface area (Å²) >= 11 is 0. The highest BCUT2D eigenvalue weighted by Gasteiger charge is 2.09. The molecule has 4 aromatic rings. The molecule has 0 saturated carbocycles. The average molecular weight is 357 g/mol. The molecule has 1 amide bonds. The van der Waals surface area contributed by atoms with Gasteiger partial charge in [-0.15, -0.1) is 0 Å². The van der Waals surface area contributed by atoms with Gasteiger partial charge in [-0.3, -0.25) is 4.79 Å². The van der Waals surface area contributed by atoms with Crippen LogP contribution in [0.1, 0.15) is 15.9 Å². The van der Waals surface area contributed by atoms with E-state index in [1.54, 1.807) is 19.2 Å². The van der Waals surface area contributed by atoms with Crippen LogP contribution in [0.4, 0.5) is 5.69 Å². The molecule has 0 radical (unpaired) electrons. The molecule has 1 heterocycles. The fourth-order valence-electron chi connectivity index (χ4n) is 2.96. The number of nitrogens with zero attached hydrogens (tertiary/aromatic N) is 1. The summed E-state index contributed by atoms with van der Waals surface area (Å²) in [4.78, 5) is 20.4. The van der Waals surface area contributed by atoms with Gasteiger partial charge in [-0.05, 0) is 42.0 Å². The number of hydrogen-bond donors (Lipinski definition) is 2. The molecule has 0 unspecified atom stereocenters. The first kappa shape index (κ1) is 17.0. The molecule has 134 valence electrons. The van der Waals surface area contributed by atoms with E-state index in [1.807, 2.05) is 60.7 Å². The molecule has 27 heavy (non-hydrogen) atoms. The number of hydrogen-bond acceptors (Lipinski definition) is 3. The Bertz CT molecular complexity index is 1050. The Balaban J connectivity index is 1.54. The van der Waals surface area contributed by atoms with Crippen LogP contribution in [0, 0.1) is 0 Å². The highest BCUT2D eigenvalue weighted by atomic mass is 16.5. The van der Waals surface area contributed by atoms with E-state index in [1.165, 1.54) is 0 Å². The zero-order chi connectivity index (χ0) is 18.6. The Kier molecular flexibility index (Phi) is 4.68. The Morgan fingerprint density at radius 3 is 2.63 bits per heavy atom. The van der Waals surface area contributed by atoms with Gasteiger partial charge < -0.3 is 15.0 Å². The van der Waals surface area contributed by atoms with Crippen LogP contribution in [0.5, 0.6) is 0 Å². The third-order valence-corrected chi connectivity index (χ3v) is 4.31.